The fourth-order valence-corrected chi connectivity index (χ4v) is 1.62. The standard InChI is InChI=1S/C14H19N3O4/c1-9(15)13(19)16-8-12(18)17-11(14(20)21)7-10-5-3-2-4-6-10/h2-6,9,11H,7-8,15H2,1H3,(H,16,19)(H,17,18)(H,20,21). The average Bonchev–Trinajstić information content (AvgIpc) is 2.44. The van der Waals surface area contributed by atoms with Crippen LogP contribution < -0.4 is 16.4 Å². The lowest BCUT2D eigenvalue weighted by Crippen LogP contribution is -2.48. The quantitative estimate of drug-likeness (QED) is 0.527. The summed E-state index contributed by atoms with van der Waals surface area (Å²) in [6.07, 6.45) is 0.170. The number of hydrogen-bond donors (Lipinski definition) is 4. The molecule has 1 rings (SSSR count). The lowest BCUT2D eigenvalue weighted by atomic mass is 10.1. The minimum absolute atomic E-state index is 0.170. The van der Waals surface area contributed by atoms with Gasteiger partial charge in [-0.1, -0.05) is 30.3 Å². The van der Waals surface area contributed by atoms with Crippen LogP contribution in [0.25, 0.3) is 0 Å². The van der Waals surface area contributed by atoms with E-state index in [1.165, 1.54) is 6.92 Å². The van der Waals surface area contributed by atoms with E-state index in [0.29, 0.717) is 0 Å². The third-order valence-electron chi connectivity index (χ3n) is 2.75. The van der Waals surface area contributed by atoms with E-state index in [-0.39, 0.29) is 13.0 Å². The largest absolute Gasteiger partial charge is 0.480 e. The fourth-order valence-electron chi connectivity index (χ4n) is 1.62. The Morgan fingerprint density at radius 2 is 1.86 bits per heavy atom. The lowest BCUT2D eigenvalue weighted by Gasteiger charge is -2.15. The van der Waals surface area contributed by atoms with Crippen molar-refractivity contribution in [3.8, 4) is 0 Å². The summed E-state index contributed by atoms with van der Waals surface area (Å²) in [6, 6.07) is 7.18. The highest BCUT2D eigenvalue weighted by Crippen LogP contribution is 2.03. The Labute approximate surface area is 122 Å². The summed E-state index contributed by atoms with van der Waals surface area (Å²) in [7, 11) is 0. The van der Waals surface area contributed by atoms with Gasteiger partial charge in [-0.3, -0.25) is 9.59 Å². The van der Waals surface area contributed by atoms with Crippen molar-refractivity contribution in [3.63, 3.8) is 0 Å². The van der Waals surface area contributed by atoms with Crippen molar-refractivity contribution in [2.24, 2.45) is 5.73 Å². The van der Waals surface area contributed by atoms with Crippen LogP contribution in [0.15, 0.2) is 30.3 Å². The molecule has 114 valence electrons. The molecular formula is C14H19N3O4. The maximum Gasteiger partial charge on any atom is 0.326 e. The second-order valence-electron chi connectivity index (χ2n) is 4.65. The molecule has 0 aliphatic carbocycles. The lowest BCUT2D eigenvalue weighted by molar-refractivity contribution is -0.141. The van der Waals surface area contributed by atoms with E-state index in [9.17, 15) is 14.4 Å². The first-order valence-electron chi connectivity index (χ1n) is 6.49. The molecule has 7 nitrogen and oxygen atoms in total. The minimum atomic E-state index is -1.13. The Bertz CT molecular complexity index is 502. The van der Waals surface area contributed by atoms with Gasteiger partial charge in [0.25, 0.3) is 0 Å². The summed E-state index contributed by atoms with van der Waals surface area (Å²) >= 11 is 0. The molecule has 0 saturated heterocycles. The van der Waals surface area contributed by atoms with Crippen LogP contribution in [0.5, 0.6) is 0 Å². The molecule has 5 N–H and O–H groups in total. The first-order chi connectivity index (χ1) is 9.90. The number of carbonyl (C=O) groups is 3. The topological polar surface area (TPSA) is 122 Å². The molecular weight excluding hydrogens is 274 g/mol. The Morgan fingerprint density at radius 1 is 1.24 bits per heavy atom. The monoisotopic (exact) mass is 293 g/mol. The predicted octanol–water partition coefficient (Wildman–Crippen LogP) is -0.738. The first-order valence-corrected chi connectivity index (χ1v) is 6.49. The molecule has 0 heterocycles. The second-order valence-corrected chi connectivity index (χ2v) is 4.65. The number of hydrogen-bond acceptors (Lipinski definition) is 4. The molecule has 0 saturated carbocycles. The highest BCUT2D eigenvalue weighted by molar-refractivity contribution is 5.89. The highest BCUT2D eigenvalue weighted by Gasteiger charge is 2.20. The summed E-state index contributed by atoms with van der Waals surface area (Å²) in [5, 5.41) is 13.8. The number of carboxylic acid groups (broad SMARTS) is 1. The van der Waals surface area contributed by atoms with Crippen LogP contribution in [0.2, 0.25) is 0 Å². The van der Waals surface area contributed by atoms with Crippen LogP contribution in [0, 0.1) is 0 Å². The molecule has 21 heavy (non-hydrogen) atoms. The van der Waals surface area contributed by atoms with E-state index in [0.717, 1.165) is 5.56 Å². The minimum Gasteiger partial charge on any atom is -0.480 e. The number of aliphatic carboxylic acids is 1. The molecule has 2 atom stereocenters. The number of carbonyl (C=O) groups excluding carboxylic acids is 2. The SMILES string of the molecule is CC(N)C(=O)NCC(=O)NC(Cc1ccccc1)C(=O)O. The molecule has 1 aromatic rings. The van der Waals surface area contributed by atoms with Crippen LogP contribution in [0.3, 0.4) is 0 Å². The first kappa shape index (κ1) is 16.6. The van der Waals surface area contributed by atoms with Crippen molar-refractivity contribution in [2.75, 3.05) is 6.54 Å². The van der Waals surface area contributed by atoms with Crippen LogP contribution in [-0.2, 0) is 20.8 Å². The molecule has 1 aromatic carbocycles. The number of benzene rings is 1. The van der Waals surface area contributed by atoms with E-state index >= 15 is 0 Å². The van der Waals surface area contributed by atoms with E-state index < -0.39 is 29.9 Å². The molecule has 0 bridgehead atoms. The molecule has 0 aromatic heterocycles. The molecule has 0 fully saturated rings. The van der Waals surface area contributed by atoms with Gasteiger partial charge < -0.3 is 21.5 Å². The maximum absolute atomic E-state index is 11.6. The van der Waals surface area contributed by atoms with Gasteiger partial charge in [-0.15, -0.1) is 0 Å². The van der Waals surface area contributed by atoms with Gasteiger partial charge in [-0.25, -0.2) is 4.79 Å². The zero-order valence-corrected chi connectivity index (χ0v) is 11.7. The van der Waals surface area contributed by atoms with Crippen molar-refractivity contribution in [1.82, 2.24) is 10.6 Å². The van der Waals surface area contributed by atoms with Gasteiger partial charge >= 0.3 is 5.97 Å². The summed E-state index contributed by atoms with van der Waals surface area (Å²) in [6.45, 7) is 1.18. The smallest absolute Gasteiger partial charge is 0.326 e. The number of carboxylic acids is 1. The number of rotatable bonds is 7. The Hall–Kier alpha value is -2.41. The Morgan fingerprint density at radius 3 is 2.38 bits per heavy atom. The van der Waals surface area contributed by atoms with Crippen molar-refractivity contribution in [2.45, 2.75) is 25.4 Å². The average molecular weight is 293 g/mol. The highest BCUT2D eigenvalue weighted by atomic mass is 16.4. The second kappa shape index (κ2) is 8.01. The summed E-state index contributed by atoms with van der Waals surface area (Å²) in [5.74, 6) is -2.18. The van der Waals surface area contributed by atoms with Crippen LogP contribution in [0.1, 0.15) is 12.5 Å². The van der Waals surface area contributed by atoms with E-state index in [1.807, 2.05) is 6.07 Å². The van der Waals surface area contributed by atoms with Gasteiger partial charge in [0.15, 0.2) is 0 Å². The molecule has 0 aliphatic rings. The molecule has 0 spiro atoms. The van der Waals surface area contributed by atoms with E-state index in [4.69, 9.17) is 10.8 Å². The zero-order valence-electron chi connectivity index (χ0n) is 11.7. The van der Waals surface area contributed by atoms with Crippen molar-refractivity contribution >= 4 is 17.8 Å². The van der Waals surface area contributed by atoms with Gasteiger partial charge in [0, 0.05) is 6.42 Å². The van der Waals surface area contributed by atoms with Gasteiger partial charge in [-0.05, 0) is 12.5 Å². The maximum atomic E-state index is 11.6. The molecule has 0 radical (unpaired) electrons. The number of amides is 2. The summed E-state index contributed by atoms with van der Waals surface area (Å²) < 4.78 is 0. The normalized spacial score (nSPS) is 13.0. The van der Waals surface area contributed by atoms with Crippen LogP contribution >= 0.6 is 0 Å². The third kappa shape index (κ3) is 6.05. The van der Waals surface area contributed by atoms with E-state index in [2.05, 4.69) is 10.6 Å². The molecule has 7 heteroatoms. The molecule has 0 aliphatic heterocycles. The number of nitrogens with two attached hydrogens (primary N) is 1. The molecule has 2 unspecified atom stereocenters. The summed E-state index contributed by atoms with van der Waals surface area (Å²) in [4.78, 5) is 34.0. The van der Waals surface area contributed by atoms with Crippen molar-refractivity contribution < 1.29 is 19.5 Å². The third-order valence-corrected chi connectivity index (χ3v) is 2.75. The van der Waals surface area contributed by atoms with E-state index in [1.54, 1.807) is 24.3 Å². The Kier molecular flexibility index (Phi) is 6.35. The van der Waals surface area contributed by atoms with Crippen LogP contribution in [0.4, 0.5) is 0 Å². The van der Waals surface area contributed by atoms with Crippen molar-refractivity contribution in [3.05, 3.63) is 35.9 Å². The molecule has 2 amide bonds. The van der Waals surface area contributed by atoms with Gasteiger partial charge in [0.05, 0.1) is 12.6 Å². The summed E-state index contributed by atoms with van der Waals surface area (Å²) in [5.41, 5.74) is 6.13. The zero-order chi connectivity index (χ0) is 15.8. The van der Waals surface area contributed by atoms with Gasteiger partial charge in [0.2, 0.25) is 11.8 Å². The van der Waals surface area contributed by atoms with Crippen molar-refractivity contribution in [1.29, 1.82) is 0 Å². The fraction of sp³-hybridized carbons (Fsp3) is 0.357. The van der Waals surface area contributed by atoms with Gasteiger partial charge in [-0.2, -0.15) is 0 Å². The number of nitrogens with one attached hydrogen (secondary N) is 2. The van der Waals surface area contributed by atoms with Gasteiger partial charge in [0.1, 0.15) is 6.04 Å². The predicted molar refractivity (Wildman–Crippen MR) is 76.4 cm³/mol. The van der Waals surface area contributed by atoms with Crippen LogP contribution in [-0.4, -0.2) is 41.5 Å². The Balaban J connectivity index is 2.53.